The maximum atomic E-state index is 14.2. The van der Waals surface area contributed by atoms with Crippen LogP contribution in [0.2, 0.25) is 0 Å². The predicted octanol–water partition coefficient (Wildman–Crippen LogP) is 3.23. The average molecular weight is 431 g/mol. The minimum absolute atomic E-state index is 0.0682. The third-order valence-corrected chi connectivity index (χ3v) is 5.87. The van der Waals surface area contributed by atoms with E-state index >= 15 is 0 Å². The van der Waals surface area contributed by atoms with Gasteiger partial charge in [0.05, 0.1) is 12.0 Å². The van der Waals surface area contributed by atoms with Crippen LogP contribution in [0, 0.1) is 5.95 Å². The molecule has 0 spiro atoms. The van der Waals surface area contributed by atoms with Crippen LogP contribution >= 0.6 is 11.3 Å². The second-order valence-electron chi connectivity index (χ2n) is 7.22. The Morgan fingerprint density at radius 1 is 1.27 bits per heavy atom. The first kappa shape index (κ1) is 20.4. The van der Waals surface area contributed by atoms with Gasteiger partial charge < -0.3 is 14.8 Å². The second kappa shape index (κ2) is 8.49. The van der Waals surface area contributed by atoms with Crippen LogP contribution in [0.4, 0.5) is 9.52 Å². The summed E-state index contributed by atoms with van der Waals surface area (Å²) >= 11 is 1.15. The monoisotopic (exact) mass is 431 g/mol. The number of fused-ring (bicyclic) bond motifs is 1. The molecule has 0 aromatic carbocycles. The lowest BCUT2D eigenvalue weighted by atomic mass is 10.2. The Morgan fingerprint density at radius 3 is 2.73 bits per heavy atom. The molecular formula is C20H22FN5O3S. The molecule has 0 bridgehead atoms. The SMILES string of the molecule is COc1ccc2ccc(OC3CC(C)N(Cc4sc(NC(C)=O)nc4F)C3)nc2n1. The molecule has 4 rings (SSSR count). The van der Waals surface area contributed by atoms with Gasteiger partial charge in [-0.2, -0.15) is 19.3 Å². The highest BCUT2D eigenvalue weighted by atomic mass is 32.1. The van der Waals surface area contributed by atoms with Crippen molar-refractivity contribution >= 4 is 33.4 Å². The van der Waals surface area contributed by atoms with E-state index in [4.69, 9.17) is 9.47 Å². The Bertz CT molecular complexity index is 1080. The van der Waals surface area contributed by atoms with E-state index in [0.717, 1.165) is 23.1 Å². The van der Waals surface area contributed by atoms with Gasteiger partial charge in [0.2, 0.25) is 23.6 Å². The van der Waals surface area contributed by atoms with Crippen LogP contribution in [0.1, 0.15) is 25.1 Å². The first-order chi connectivity index (χ1) is 14.4. The number of carbonyl (C=O) groups is 1. The number of nitrogens with zero attached hydrogens (tertiary/aromatic N) is 4. The summed E-state index contributed by atoms with van der Waals surface area (Å²) in [7, 11) is 1.56. The molecule has 8 nitrogen and oxygen atoms in total. The third-order valence-electron chi connectivity index (χ3n) is 4.94. The number of thiazole rings is 1. The molecule has 1 aliphatic heterocycles. The van der Waals surface area contributed by atoms with Crippen molar-refractivity contribution in [3.05, 3.63) is 35.1 Å². The van der Waals surface area contributed by atoms with Crippen LogP contribution in [0.15, 0.2) is 24.3 Å². The van der Waals surface area contributed by atoms with Crippen molar-refractivity contribution in [2.75, 3.05) is 19.0 Å². The van der Waals surface area contributed by atoms with Gasteiger partial charge in [-0.3, -0.25) is 9.69 Å². The molecule has 2 atom stereocenters. The lowest BCUT2D eigenvalue weighted by molar-refractivity contribution is -0.114. The zero-order valence-corrected chi connectivity index (χ0v) is 17.7. The van der Waals surface area contributed by atoms with Crippen molar-refractivity contribution in [2.24, 2.45) is 0 Å². The number of rotatable bonds is 6. The molecule has 30 heavy (non-hydrogen) atoms. The highest BCUT2D eigenvalue weighted by molar-refractivity contribution is 7.15. The van der Waals surface area contributed by atoms with E-state index in [9.17, 15) is 9.18 Å². The fraction of sp³-hybridized carbons (Fsp3) is 0.400. The fourth-order valence-corrected chi connectivity index (χ4v) is 4.40. The van der Waals surface area contributed by atoms with Gasteiger partial charge in [0, 0.05) is 50.0 Å². The molecule has 1 aliphatic rings. The van der Waals surface area contributed by atoms with Crippen LogP contribution in [-0.2, 0) is 11.3 Å². The Hall–Kier alpha value is -2.85. The van der Waals surface area contributed by atoms with Crippen molar-refractivity contribution in [3.63, 3.8) is 0 Å². The Morgan fingerprint density at radius 2 is 2.00 bits per heavy atom. The number of halogens is 1. The van der Waals surface area contributed by atoms with E-state index in [1.807, 2.05) is 18.2 Å². The summed E-state index contributed by atoms with van der Waals surface area (Å²) in [6.07, 6.45) is 0.728. The summed E-state index contributed by atoms with van der Waals surface area (Å²) in [5.74, 6) is 0.182. The maximum Gasteiger partial charge on any atom is 0.230 e. The maximum absolute atomic E-state index is 14.2. The molecule has 2 unspecified atom stereocenters. The van der Waals surface area contributed by atoms with Gasteiger partial charge in [-0.05, 0) is 19.1 Å². The van der Waals surface area contributed by atoms with E-state index in [0.29, 0.717) is 35.4 Å². The van der Waals surface area contributed by atoms with Gasteiger partial charge in [0.1, 0.15) is 6.10 Å². The first-order valence-corrected chi connectivity index (χ1v) is 10.4. The lowest BCUT2D eigenvalue weighted by Gasteiger charge is -2.19. The number of hydrogen-bond donors (Lipinski definition) is 1. The minimum Gasteiger partial charge on any atom is -0.481 e. The molecule has 1 saturated heterocycles. The van der Waals surface area contributed by atoms with Gasteiger partial charge in [0.15, 0.2) is 10.8 Å². The van der Waals surface area contributed by atoms with Gasteiger partial charge in [0.25, 0.3) is 0 Å². The average Bonchev–Trinajstić information content (AvgIpc) is 3.22. The van der Waals surface area contributed by atoms with Crippen LogP contribution in [0.25, 0.3) is 11.0 Å². The highest BCUT2D eigenvalue weighted by Gasteiger charge is 2.32. The van der Waals surface area contributed by atoms with Crippen LogP contribution in [0.3, 0.4) is 0 Å². The molecule has 158 valence electrons. The molecule has 0 radical (unpaired) electrons. The molecule has 1 amide bonds. The highest BCUT2D eigenvalue weighted by Crippen LogP contribution is 2.29. The van der Waals surface area contributed by atoms with Crippen molar-refractivity contribution < 1.29 is 18.7 Å². The summed E-state index contributed by atoms with van der Waals surface area (Å²) in [6.45, 7) is 4.50. The zero-order valence-electron chi connectivity index (χ0n) is 16.9. The van der Waals surface area contributed by atoms with E-state index in [1.54, 1.807) is 13.2 Å². The summed E-state index contributed by atoms with van der Waals surface area (Å²) in [4.78, 5) is 26.4. The van der Waals surface area contributed by atoms with Crippen LogP contribution < -0.4 is 14.8 Å². The number of ether oxygens (including phenoxy) is 2. The van der Waals surface area contributed by atoms with Gasteiger partial charge >= 0.3 is 0 Å². The Balaban J connectivity index is 1.42. The lowest BCUT2D eigenvalue weighted by Crippen LogP contribution is -2.28. The van der Waals surface area contributed by atoms with Crippen LogP contribution in [-0.4, -0.2) is 51.6 Å². The quantitative estimate of drug-likeness (QED) is 0.641. The minimum atomic E-state index is -0.545. The number of amides is 1. The number of anilines is 1. The Labute approximate surface area is 177 Å². The van der Waals surface area contributed by atoms with E-state index < -0.39 is 5.95 Å². The number of aromatic nitrogens is 3. The van der Waals surface area contributed by atoms with Gasteiger partial charge in [-0.1, -0.05) is 11.3 Å². The van der Waals surface area contributed by atoms with Crippen LogP contribution in [0.5, 0.6) is 11.8 Å². The Kier molecular flexibility index (Phi) is 5.78. The standard InChI is InChI=1S/C20H22FN5O3S/c1-11-8-14(9-26(11)10-15-18(21)25-20(30-15)22-12(2)27)29-17-7-5-13-4-6-16(28-3)23-19(13)24-17/h4-7,11,14H,8-10H2,1-3H3,(H,22,25,27). The smallest absolute Gasteiger partial charge is 0.230 e. The topological polar surface area (TPSA) is 89.5 Å². The van der Waals surface area contributed by atoms with E-state index in [2.05, 4.69) is 32.1 Å². The van der Waals surface area contributed by atoms with Crippen molar-refractivity contribution in [1.82, 2.24) is 19.9 Å². The molecule has 1 fully saturated rings. The predicted molar refractivity (Wildman–Crippen MR) is 111 cm³/mol. The molecule has 0 aliphatic carbocycles. The number of methoxy groups -OCH3 is 1. The number of carbonyl (C=O) groups excluding carboxylic acids is 1. The van der Waals surface area contributed by atoms with Crippen molar-refractivity contribution in [1.29, 1.82) is 0 Å². The normalized spacial score (nSPS) is 19.2. The van der Waals surface area contributed by atoms with Crippen molar-refractivity contribution in [3.8, 4) is 11.8 Å². The summed E-state index contributed by atoms with van der Waals surface area (Å²) in [6, 6.07) is 7.63. The number of hydrogen-bond acceptors (Lipinski definition) is 8. The molecule has 1 N–H and O–H groups in total. The number of nitrogens with one attached hydrogen (secondary N) is 1. The van der Waals surface area contributed by atoms with Gasteiger partial charge in [-0.25, -0.2) is 0 Å². The summed E-state index contributed by atoms with van der Waals surface area (Å²) in [5, 5.41) is 3.71. The summed E-state index contributed by atoms with van der Waals surface area (Å²) in [5.41, 5.74) is 0.562. The molecule has 10 heteroatoms. The summed E-state index contributed by atoms with van der Waals surface area (Å²) < 4.78 is 25.4. The van der Waals surface area contributed by atoms with E-state index in [-0.39, 0.29) is 23.2 Å². The molecular weight excluding hydrogens is 409 g/mol. The van der Waals surface area contributed by atoms with Gasteiger partial charge in [-0.15, -0.1) is 0 Å². The number of pyridine rings is 2. The molecule has 3 aromatic rings. The van der Waals surface area contributed by atoms with E-state index in [1.165, 1.54) is 6.92 Å². The third kappa shape index (κ3) is 4.49. The largest absolute Gasteiger partial charge is 0.481 e. The zero-order chi connectivity index (χ0) is 21.3. The first-order valence-electron chi connectivity index (χ1n) is 9.56. The van der Waals surface area contributed by atoms with Crippen molar-refractivity contribution in [2.45, 2.75) is 39.0 Å². The second-order valence-corrected chi connectivity index (χ2v) is 8.30. The molecule has 0 saturated carbocycles. The molecule has 3 aromatic heterocycles. The number of likely N-dealkylation sites (tertiary alicyclic amines) is 1. The fourth-order valence-electron chi connectivity index (χ4n) is 3.48. The molecule has 4 heterocycles.